The molecule has 72 valence electrons. The third kappa shape index (κ3) is 2.66. The maximum Gasteiger partial charge on any atom is 0.252 e. The number of hydrogen-bond acceptors (Lipinski definition) is 1. The van der Waals surface area contributed by atoms with Crippen LogP contribution in [0.3, 0.4) is 0 Å². The Hall–Kier alpha value is -1.17. The van der Waals surface area contributed by atoms with E-state index < -0.39 is 0 Å². The monoisotopic (exact) mass is 227 g/mol. The van der Waals surface area contributed by atoms with Gasteiger partial charge in [0.1, 0.15) is 0 Å². The van der Waals surface area contributed by atoms with Crippen molar-refractivity contribution in [2.24, 2.45) is 0 Å². The summed E-state index contributed by atoms with van der Waals surface area (Å²) in [5.74, 6) is 2.04. The van der Waals surface area contributed by atoms with E-state index in [1.165, 1.54) is 6.07 Å². The van der Waals surface area contributed by atoms with Crippen LogP contribution in [-0.2, 0) is 0 Å². The molecule has 0 unspecified atom stereocenters. The Morgan fingerprint density at radius 1 is 1.43 bits per heavy atom. The molecular weight excluding hydrogens is 221 g/mol. The van der Waals surface area contributed by atoms with E-state index in [1.807, 2.05) is 0 Å². The van der Waals surface area contributed by atoms with Crippen molar-refractivity contribution in [3.8, 4) is 12.3 Å². The summed E-state index contributed by atoms with van der Waals surface area (Å²) in [7, 11) is 0. The highest BCUT2D eigenvalue weighted by molar-refractivity contribution is 6.42. The van der Waals surface area contributed by atoms with Crippen LogP contribution in [0.25, 0.3) is 0 Å². The SMILES string of the molecule is C#CCNC(=O)c1ccc(Cl)c(Cl)c1. The van der Waals surface area contributed by atoms with Crippen molar-refractivity contribution in [3.05, 3.63) is 33.8 Å². The minimum absolute atomic E-state index is 0.194. The lowest BCUT2D eigenvalue weighted by Crippen LogP contribution is -2.23. The first-order chi connectivity index (χ1) is 6.65. The van der Waals surface area contributed by atoms with Crippen LogP contribution >= 0.6 is 23.2 Å². The summed E-state index contributed by atoms with van der Waals surface area (Å²) in [5, 5.41) is 3.28. The fraction of sp³-hybridized carbons (Fsp3) is 0.100. The average molecular weight is 228 g/mol. The van der Waals surface area contributed by atoms with Crippen molar-refractivity contribution in [1.29, 1.82) is 0 Å². The van der Waals surface area contributed by atoms with Crippen LogP contribution in [0.4, 0.5) is 0 Å². The van der Waals surface area contributed by atoms with Gasteiger partial charge in [-0.1, -0.05) is 29.1 Å². The van der Waals surface area contributed by atoms with Gasteiger partial charge in [0.05, 0.1) is 16.6 Å². The molecule has 0 saturated heterocycles. The molecule has 0 atom stereocenters. The Morgan fingerprint density at radius 2 is 2.14 bits per heavy atom. The molecule has 0 bridgehead atoms. The van der Waals surface area contributed by atoms with E-state index in [1.54, 1.807) is 12.1 Å². The van der Waals surface area contributed by atoms with E-state index in [9.17, 15) is 4.79 Å². The molecule has 14 heavy (non-hydrogen) atoms. The minimum Gasteiger partial charge on any atom is -0.341 e. The standard InChI is InChI=1S/C10H7Cl2NO/c1-2-5-13-10(14)7-3-4-8(11)9(12)6-7/h1,3-4,6H,5H2,(H,13,14). The van der Waals surface area contributed by atoms with Gasteiger partial charge < -0.3 is 5.32 Å². The zero-order chi connectivity index (χ0) is 10.6. The second-order valence-electron chi connectivity index (χ2n) is 2.52. The van der Waals surface area contributed by atoms with Crippen LogP contribution in [0.2, 0.25) is 10.0 Å². The second kappa shape index (κ2) is 4.90. The number of halogens is 2. The minimum atomic E-state index is -0.262. The largest absolute Gasteiger partial charge is 0.341 e. The average Bonchev–Trinajstić information content (AvgIpc) is 2.18. The van der Waals surface area contributed by atoms with E-state index in [4.69, 9.17) is 29.6 Å². The van der Waals surface area contributed by atoms with E-state index in [0.717, 1.165) is 0 Å². The van der Waals surface area contributed by atoms with E-state index in [2.05, 4.69) is 11.2 Å². The summed E-state index contributed by atoms with van der Waals surface area (Å²) in [6.07, 6.45) is 5.00. The molecule has 4 heteroatoms. The molecule has 0 aliphatic carbocycles. The molecule has 0 fully saturated rings. The number of rotatable bonds is 2. The topological polar surface area (TPSA) is 29.1 Å². The summed E-state index contributed by atoms with van der Waals surface area (Å²) in [6, 6.07) is 4.64. The highest BCUT2D eigenvalue weighted by Crippen LogP contribution is 2.22. The number of hydrogen-bond donors (Lipinski definition) is 1. The molecule has 0 heterocycles. The van der Waals surface area contributed by atoms with Gasteiger partial charge in [-0.05, 0) is 18.2 Å². The lowest BCUT2D eigenvalue weighted by atomic mass is 10.2. The van der Waals surface area contributed by atoms with Gasteiger partial charge in [-0.15, -0.1) is 6.42 Å². The highest BCUT2D eigenvalue weighted by Gasteiger charge is 2.06. The van der Waals surface area contributed by atoms with Gasteiger partial charge in [0.25, 0.3) is 5.91 Å². The molecule has 1 N–H and O–H groups in total. The van der Waals surface area contributed by atoms with Gasteiger partial charge >= 0.3 is 0 Å². The van der Waals surface area contributed by atoms with Crippen molar-refractivity contribution in [2.75, 3.05) is 6.54 Å². The van der Waals surface area contributed by atoms with Gasteiger partial charge in [0, 0.05) is 5.56 Å². The third-order valence-electron chi connectivity index (χ3n) is 1.53. The maximum absolute atomic E-state index is 11.4. The summed E-state index contributed by atoms with van der Waals surface area (Å²) in [4.78, 5) is 11.4. The van der Waals surface area contributed by atoms with Gasteiger partial charge in [-0.3, -0.25) is 4.79 Å². The number of amides is 1. The van der Waals surface area contributed by atoms with E-state index in [-0.39, 0.29) is 12.5 Å². The van der Waals surface area contributed by atoms with Crippen molar-refractivity contribution in [3.63, 3.8) is 0 Å². The molecule has 0 spiro atoms. The maximum atomic E-state index is 11.4. The Morgan fingerprint density at radius 3 is 2.71 bits per heavy atom. The van der Waals surface area contributed by atoms with Crippen molar-refractivity contribution in [2.45, 2.75) is 0 Å². The van der Waals surface area contributed by atoms with Crippen molar-refractivity contribution < 1.29 is 4.79 Å². The lowest BCUT2D eigenvalue weighted by molar-refractivity contribution is 0.0958. The smallest absolute Gasteiger partial charge is 0.252 e. The Labute approximate surface area is 92.2 Å². The van der Waals surface area contributed by atoms with Crippen molar-refractivity contribution in [1.82, 2.24) is 5.32 Å². The van der Waals surface area contributed by atoms with Crippen LogP contribution in [0.15, 0.2) is 18.2 Å². The predicted molar refractivity (Wildman–Crippen MR) is 57.6 cm³/mol. The van der Waals surface area contributed by atoms with Gasteiger partial charge in [-0.25, -0.2) is 0 Å². The first-order valence-electron chi connectivity index (χ1n) is 3.82. The lowest BCUT2D eigenvalue weighted by Gasteiger charge is -2.02. The highest BCUT2D eigenvalue weighted by atomic mass is 35.5. The zero-order valence-electron chi connectivity index (χ0n) is 7.18. The van der Waals surface area contributed by atoms with Gasteiger partial charge in [-0.2, -0.15) is 0 Å². The Bertz CT molecular complexity index is 396. The molecule has 1 aromatic carbocycles. The molecule has 2 nitrogen and oxygen atoms in total. The first-order valence-corrected chi connectivity index (χ1v) is 4.57. The summed E-state index contributed by atoms with van der Waals surface area (Å²) >= 11 is 11.4. The zero-order valence-corrected chi connectivity index (χ0v) is 8.69. The van der Waals surface area contributed by atoms with Crippen LogP contribution in [0, 0.1) is 12.3 Å². The first kappa shape index (κ1) is 10.9. The van der Waals surface area contributed by atoms with Gasteiger partial charge in [0.2, 0.25) is 0 Å². The molecule has 1 aromatic rings. The number of nitrogens with one attached hydrogen (secondary N) is 1. The Balaban J connectivity index is 2.82. The molecular formula is C10H7Cl2NO. The quantitative estimate of drug-likeness (QED) is 0.773. The Kier molecular flexibility index (Phi) is 3.82. The van der Waals surface area contributed by atoms with Crippen LogP contribution in [0.1, 0.15) is 10.4 Å². The predicted octanol–water partition coefficient (Wildman–Crippen LogP) is 2.36. The molecule has 1 rings (SSSR count). The summed E-state index contributed by atoms with van der Waals surface area (Å²) in [5.41, 5.74) is 0.439. The normalized spacial score (nSPS) is 9.21. The second-order valence-corrected chi connectivity index (χ2v) is 3.33. The fourth-order valence-electron chi connectivity index (χ4n) is 0.871. The van der Waals surface area contributed by atoms with Crippen LogP contribution in [-0.4, -0.2) is 12.5 Å². The van der Waals surface area contributed by atoms with Crippen LogP contribution < -0.4 is 5.32 Å². The van der Waals surface area contributed by atoms with E-state index >= 15 is 0 Å². The van der Waals surface area contributed by atoms with Gasteiger partial charge in [0.15, 0.2) is 0 Å². The molecule has 0 radical (unpaired) electrons. The molecule has 0 aromatic heterocycles. The number of benzene rings is 1. The number of carbonyl (C=O) groups excluding carboxylic acids is 1. The number of carbonyl (C=O) groups is 1. The fourth-order valence-corrected chi connectivity index (χ4v) is 1.17. The molecule has 0 saturated carbocycles. The summed E-state index contributed by atoms with van der Waals surface area (Å²) in [6.45, 7) is 0.194. The molecule has 0 aliphatic heterocycles. The molecule has 0 aliphatic rings. The van der Waals surface area contributed by atoms with Crippen LogP contribution in [0.5, 0.6) is 0 Å². The summed E-state index contributed by atoms with van der Waals surface area (Å²) < 4.78 is 0. The third-order valence-corrected chi connectivity index (χ3v) is 2.27. The van der Waals surface area contributed by atoms with E-state index in [0.29, 0.717) is 15.6 Å². The van der Waals surface area contributed by atoms with Crippen molar-refractivity contribution >= 4 is 29.1 Å². The molecule has 1 amide bonds. The number of terminal acetylenes is 1.